The minimum absolute atomic E-state index is 0.280. The number of aromatic nitrogens is 2. The molecule has 0 saturated heterocycles. The first-order valence-electron chi connectivity index (χ1n) is 6.83. The van der Waals surface area contributed by atoms with E-state index in [1.54, 1.807) is 23.5 Å². The Bertz CT molecular complexity index is 868. The summed E-state index contributed by atoms with van der Waals surface area (Å²) < 4.78 is 0. The quantitative estimate of drug-likeness (QED) is 0.557. The number of aromatic amines is 1. The molecule has 0 atom stereocenters. The molecule has 2 aromatic heterocycles. The Morgan fingerprint density at radius 3 is 2.91 bits per heavy atom. The highest BCUT2D eigenvalue weighted by atomic mass is 35.5. The second-order valence-electron chi connectivity index (χ2n) is 4.80. The number of carbonyl (C=O) groups is 1. The molecule has 0 aliphatic carbocycles. The number of hydrazone groups is 1. The van der Waals surface area contributed by atoms with Gasteiger partial charge < -0.3 is 0 Å². The fourth-order valence-electron chi connectivity index (χ4n) is 1.94. The maximum absolute atomic E-state index is 12.0. The van der Waals surface area contributed by atoms with Gasteiger partial charge in [-0.2, -0.15) is 10.2 Å². The number of thiophene rings is 1. The van der Waals surface area contributed by atoms with Crippen LogP contribution in [0, 0.1) is 6.92 Å². The third-order valence-corrected chi connectivity index (χ3v) is 4.47. The van der Waals surface area contributed by atoms with Gasteiger partial charge in [-0.25, -0.2) is 5.43 Å². The molecule has 0 radical (unpaired) electrons. The fourth-order valence-corrected chi connectivity index (χ4v) is 2.96. The van der Waals surface area contributed by atoms with Crippen molar-refractivity contribution < 1.29 is 4.79 Å². The van der Waals surface area contributed by atoms with E-state index in [9.17, 15) is 4.79 Å². The van der Waals surface area contributed by atoms with Crippen LogP contribution >= 0.6 is 22.9 Å². The monoisotopic (exact) mass is 344 g/mol. The van der Waals surface area contributed by atoms with E-state index in [2.05, 4.69) is 20.7 Å². The highest BCUT2D eigenvalue weighted by molar-refractivity contribution is 7.15. The average molecular weight is 345 g/mol. The van der Waals surface area contributed by atoms with Crippen molar-refractivity contribution in [1.29, 1.82) is 0 Å². The Kier molecular flexibility index (Phi) is 4.55. The van der Waals surface area contributed by atoms with Gasteiger partial charge in [0.1, 0.15) is 0 Å². The molecule has 0 saturated carbocycles. The summed E-state index contributed by atoms with van der Waals surface area (Å²) in [6.45, 7) is 2.03. The molecular formula is C16H13ClN4OS. The zero-order valence-electron chi connectivity index (χ0n) is 12.2. The van der Waals surface area contributed by atoms with Crippen molar-refractivity contribution in [1.82, 2.24) is 15.6 Å². The van der Waals surface area contributed by atoms with Gasteiger partial charge in [-0.3, -0.25) is 9.89 Å². The standard InChI is InChI=1S/C16H13ClN4OS/c1-10-6-7-15(23-10)13-8-14(20-19-13)16(22)21-18-9-11-4-2-3-5-12(11)17/h2-9H,1H3,(H,19,20)(H,21,22)/b18-9+. The van der Waals surface area contributed by atoms with Gasteiger partial charge in [0, 0.05) is 15.5 Å². The Hall–Kier alpha value is -2.44. The normalized spacial score (nSPS) is 11.0. The smallest absolute Gasteiger partial charge is 0.276 e. The van der Waals surface area contributed by atoms with Gasteiger partial charge in [-0.15, -0.1) is 11.3 Å². The number of nitrogens with one attached hydrogen (secondary N) is 2. The Labute approximate surface area is 142 Å². The molecule has 5 nitrogen and oxygen atoms in total. The van der Waals surface area contributed by atoms with Gasteiger partial charge in [0.2, 0.25) is 0 Å². The second-order valence-corrected chi connectivity index (χ2v) is 6.49. The maximum atomic E-state index is 12.0. The van der Waals surface area contributed by atoms with Crippen LogP contribution < -0.4 is 5.43 Å². The van der Waals surface area contributed by atoms with Crippen molar-refractivity contribution in [2.75, 3.05) is 0 Å². The molecule has 2 N–H and O–H groups in total. The first-order valence-corrected chi connectivity index (χ1v) is 8.03. The van der Waals surface area contributed by atoms with Crippen LogP contribution in [0.3, 0.4) is 0 Å². The summed E-state index contributed by atoms with van der Waals surface area (Å²) in [4.78, 5) is 14.3. The van der Waals surface area contributed by atoms with Gasteiger partial charge in [-0.1, -0.05) is 29.8 Å². The molecule has 3 rings (SSSR count). The van der Waals surface area contributed by atoms with Gasteiger partial charge >= 0.3 is 0 Å². The van der Waals surface area contributed by atoms with E-state index in [-0.39, 0.29) is 11.6 Å². The maximum Gasteiger partial charge on any atom is 0.291 e. The van der Waals surface area contributed by atoms with E-state index in [4.69, 9.17) is 11.6 Å². The third kappa shape index (κ3) is 3.67. The summed E-state index contributed by atoms with van der Waals surface area (Å²) in [5, 5.41) is 11.3. The van der Waals surface area contributed by atoms with Gasteiger partial charge in [-0.05, 0) is 31.2 Å². The number of nitrogens with zero attached hydrogens (tertiary/aromatic N) is 2. The van der Waals surface area contributed by atoms with Crippen molar-refractivity contribution in [2.24, 2.45) is 5.10 Å². The van der Waals surface area contributed by atoms with Gasteiger partial charge in [0.05, 0.1) is 16.8 Å². The van der Waals surface area contributed by atoms with E-state index < -0.39 is 0 Å². The molecule has 0 unspecified atom stereocenters. The van der Waals surface area contributed by atoms with Crippen molar-refractivity contribution in [3.63, 3.8) is 0 Å². The van der Waals surface area contributed by atoms with Crippen LogP contribution in [0.4, 0.5) is 0 Å². The van der Waals surface area contributed by atoms with Crippen LogP contribution in [0.25, 0.3) is 10.6 Å². The van der Waals surface area contributed by atoms with Crippen LogP contribution in [0.5, 0.6) is 0 Å². The molecule has 3 aromatic rings. The highest BCUT2D eigenvalue weighted by Crippen LogP contribution is 2.26. The van der Waals surface area contributed by atoms with Crippen LogP contribution in [0.2, 0.25) is 5.02 Å². The van der Waals surface area contributed by atoms with Crippen molar-refractivity contribution in [2.45, 2.75) is 6.92 Å². The minimum atomic E-state index is -0.385. The number of aryl methyl sites for hydroxylation is 1. The molecule has 0 aliphatic heterocycles. The van der Waals surface area contributed by atoms with Gasteiger partial charge in [0.25, 0.3) is 5.91 Å². The predicted octanol–water partition coefficient (Wildman–Crippen LogP) is 3.86. The SMILES string of the molecule is Cc1ccc(-c2cc(C(=O)N/N=C/c3ccccc3Cl)n[nH]2)s1. The first kappa shape index (κ1) is 15.5. The molecule has 1 amide bonds. The lowest BCUT2D eigenvalue weighted by atomic mass is 10.2. The molecule has 0 bridgehead atoms. The fraction of sp³-hybridized carbons (Fsp3) is 0.0625. The number of benzene rings is 1. The lowest BCUT2D eigenvalue weighted by Crippen LogP contribution is -2.18. The Morgan fingerprint density at radius 2 is 2.17 bits per heavy atom. The Balaban J connectivity index is 1.67. The average Bonchev–Trinajstić information content (AvgIpc) is 3.18. The number of H-pyrrole nitrogens is 1. The summed E-state index contributed by atoms with van der Waals surface area (Å²) in [5.74, 6) is -0.385. The zero-order chi connectivity index (χ0) is 16.2. The number of hydrogen-bond donors (Lipinski definition) is 2. The number of amides is 1. The summed E-state index contributed by atoms with van der Waals surface area (Å²) in [6, 6.07) is 13.0. The lowest BCUT2D eigenvalue weighted by molar-refractivity contribution is 0.0950. The minimum Gasteiger partial charge on any atom is -0.276 e. The van der Waals surface area contributed by atoms with Crippen LogP contribution in [0.15, 0.2) is 47.6 Å². The molecule has 116 valence electrons. The Morgan fingerprint density at radius 1 is 1.35 bits per heavy atom. The summed E-state index contributed by atoms with van der Waals surface area (Å²) >= 11 is 7.64. The molecule has 1 aromatic carbocycles. The van der Waals surface area contributed by atoms with Crippen molar-refractivity contribution in [3.05, 3.63) is 63.6 Å². The number of carbonyl (C=O) groups excluding carboxylic acids is 1. The number of hydrogen-bond acceptors (Lipinski definition) is 4. The topological polar surface area (TPSA) is 70.1 Å². The van der Waals surface area contributed by atoms with Crippen LogP contribution in [-0.2, 0) is 0 Å². The molecular weight excluding hydrogens is 332 g/mol. The predicted molar refractivity (Wildman–Crippen MR) is 93.1 cm³/mol. The molecule has 0 fully saturated rings. The van der Waals surface area contributed by atoms with E-state index in [1.165, 1.54) is 11.1 Å². The van der Waals surface area contributed by atoms with Crippen molar-refractivity contribution in [3.8, 4) is 10.6 Å². The van der Waals surface area contributed by atoms with E-state index in [0.717, 1.165) is 16.1 Å². The number of halogens is 1. The van der Waals surface area contributed by atoms with Crippen LogP contribution in [-0.4, -0.2) is 22.3 Å². The molecule has 0 spiro atoms. The zero-order valence-corrected chi connectivity index (χ0v) is 13.8. The molecule has 0 aliphatic rings. The van der Waals surface area contributed by atoms with E-state index >= 15 is 0 Å². The summed E-state index contributed by atoms with van der Waals surface area (Å²) in [7, 11) is 0. The largest absolute Gasteiger partial charge is 0.291 e. The molecule has 7 heteroatoms. The second kappa shape index (κ2) is 6.76. The van der Waals surface area contributed by atoms with Crippen molar-refractivity contribution >= 4 is 35.1 Å². The van der Waals surface area contributed by atoms with Gasteiger partial charge in [0.15, 0.2) is 5.69 Å². The molecule has 23 heavy (non-hydrogen) atoms. The lowest BCUT2D eigenvalue weighted by Gasteiger charge is -1.97. The highest BCUT2D eigenvalue weighted by Gasteiger charge is 2.11. The van der Waals surface area contributed by atoms with E-state index in [0.29, 0.717) is 5.02 Å². The third-order valence-electron chi connectivity index (χ3n) is 3.09. The molecule has 2 heterocycles. The van der Waals surface area contributed by atoms with Crippen LogP contribution in [0.1, 0.15) is 20.9 Å². The first-order chi connectivity index (χ1) is 11.1. The number of rotatable bonds is 4. The summed E-state index contributed by atoms with van der Waals surface area (Å²) in [5.41, 5.74) is 4.25. The van der Waals surface area contributed by atoms with E-state index in [1.807, 2.05) is 37.3 Å². The summed E-state index contributed by atoms with van der Waals surface area (Å²) in [6.07, 6.45) is 1.50.